The van der Waals surface area contributed by atoms with Crippen LogP contribution >= 0.6 is 0 Å². The van der Waals surface area contributed by atoms with Crippen LogP contribution in [0.1, 0.15) is 37.2 Å². The number of nitrogens with zero attached hydrogens (tertiary/aromatic N) is 1. The lowest BCUT2D eigenvalue weighted by Crippen LogP contribution is -2.44. The molecule has 1 saturated carbocycles. The molecule has 0 radical (unpaired) electrons. The number of rotatable bonds is 4. The number of carboxylic acids is 1. The fourth-order valence-electron chi connectivity index (χ4n) is 4.28. The molecule has 1 heterocycles. The fourth-order valence-corrected chi connectivity index (χ4v) is 4.28. The second-order valence-electron chi connectivity index (χ2n) is 6.89. The maximum Gasteiger partial charge on any atom is 0.396 e. The Hall–Kier alpha value is -2.05. The summed E-state index contributed by atoms with van der Waals surface area (Å²) in [4.78, 5) is 25.3. The SMILES string of the molecule is O=C(O)C1C2CCCC2CN1C(=O)CC(c1ccccc1)C(F)(F)F. The van der Waals surface area contributed by atoms with Crippen LogP contribution in [0.25, 0.3) is 0 Å². The van der Waals surface area contributed by atoms with Gasteiger partial charge in [-0.05, 0) is 30.2 Å². The Kier molecular flexibility index (Phi) is 4.75. The molecular formula is C18H20F3NO3. The standard InChI is InChI=1S/C18H20F3NO3/c19-18(20,21)14(11-5-2-1-3-6-11)9-15(23)22-10-12-7-4-8-13(12)16(22)17(24)25/h1-3,5-6,12-14,16H,4,7-10H2,(H,24,25). The van der Waals surface area contributed by atoms with Crippen molar-refractivity contribution in [1.29, 1.82) is 0 Å². The quantitative estimate of drug-likeness (QED) is 0.900. The lowest BCUT2D eigenvalue weighted by atomic mass is 9.93. The van der Waals surface area contributed by atoms with Gasteiger partial charge in [0.15, 0.2) is 0 Å². The van der Waals surface area contributed by atoms with Gasteiger partial charge in [-0.1, -0.05) is 36.8 Å². The maximum absolute atomic E-state index is 13.5. The van der Waals surface area contributed by atoms with E-state index in [4.69, 9.17) is 0 Å². The molecule has 1 amide bonds. The van der Waals surface area contributed by atoms with Crippen LogP contribution in [-0.2, 0) is 9.59 Å². The van der Waals surface area contributed by atoms with E-state index in [2.05, 4.69) is 0 Å². The Morgan fingerprint density at radius 3 is 2.48 bits per heavy atom. The Bertz CT molecular complexity index is 647. The Balaban J connectivity index is 1.81. The molecule has 1 N–H and O–H groups in total. The van der Waals surface area contributed by atoms with Gasteiger partial charge in [-0.25, -0.2) is 4.79 Å². The minimum Gasteiger partial charge on any atom is -0.480 e. The second-order valence-corrected chi connectivity index (χ2v) is 6.89. The number of alkyl halides is 3. The number of halogens is 3. The zero-order valence-electron chi connectivity index (χ0n) is 13.6. The molecule has 2 aliphatic rings. The van der Waals surface area contributed by atoms with Crippen LogP contribution < -0.4 is 0 Å². The fraction of sp³-hybridized carbons (Fsp3) is 0.556. The van der Waals surface area contributed by atoms with Crippen molar-refractivity contribution in [1.82, 2.24) is 4.90 Å². The second kappa shape index (κ2) is 6.69. The van der Waals surface area contributed by atoms with Crippen molar-refractivity contribution in [2.75, 3.05) is 6.54 Å². The van der Waals surface area contributed by atoms with Crippen molar-refractivity contribution in [2.24, 2.45) is 11.8 Å². The molecule has 4 atom stereocenters. The highest BCUT2D eigenvalue weighted by molar-refractivity contribution is 5.85. The molecule has 1 aromatic carbocycles. The van der Waals surface area contributed by atoms with E-state index in [1.807, 2.05) is 0 Å². The summed E-state index contributed by atoms with van der Waals surface area (Å²) in [5, 5.41) is 9.47. The Labute approximate surface area is 143 Å². The first-order chi connectivity index (χ1) is 11.8. The zero-order chi connectivity index (χ0) is 18.2. The van der Waals surface area contributed by atoms with E-state index < -0.39 is 36.4 Å². The summed E-state index contributed by atoms with van der Waals surface area (Å²) >= 11 is 0. The van der Waals surface area contributed by atoms with Crippen LogP contribution in [0.3, 0.4) is 0 Å². The largest absolute Gasteiger partial charge is 0.480 e. The van der Waals surface area contributed by atoms with Gasteiger partial charge in [-0.15, -0.1) is 0 Å². The summed E-state index contributed by atoms with van der Waals surface area (Å²) in [5.74, 6) is -3.82. The molecule has 7 heteroatoms. The van der Waals surface area contributed by atoms with E-state index in [-0.39, 0.29) is 23.9 Å². The van der Waals surface area contributed by atoms with Gasteiger partial charge in [0.1, 0.15) is 6.04 Å². The van der Waals surface area contributed by atoms with Crippen LogP contribution in [0.4, 0.5) is 13.2 Å². The molecule has 136 valence electrons. The molecule has 4 unspecified atom stereocenters. The maximum atomic E-state index is 13.5. The van der Waals surface area contributed by atoms with Crippen molar-refractivity contribution in [3.05, 3.63) is 35.9 Å². The number of carbonyl (C=O) groups excluding carboxylic acids is 1. The van der Waals surface area contributed by atoms with Crippen LogP contribution in [0.2, 0.25) is 0 Å². The van der Waals surface area contributed by atoms with Gasteiger partial charge in [0.25, 0.3) is 0 Å². The van der Waals surface area contributed by atoms with Crippen LogP contribution in [-0.4, -0.2) is 40.6 Å². The predicted molar refractivity (Wildman–Crippen MR) is 83.8 cm³/mol. The molecule has 1 aromatic rings. The number of hydrogen-bond donors (Lipinski definition) is 1. The number of carbonyl (C=O) groups is 2. The van der Waals surface area contributed by atoms with Crippen LogP contribution in [0.5, 0.6) is 0 Å². The third kappa shape index (κ3) is 3.50. The summed E-state index contributed by atoms with van der Waals surface area (Å²) in [6.45, 7) is 0.250. The van der Waals surface area contributed by atoms with Gasteiger partial charge >= 0.3 is 12.1 Å². The Morgan fingerprint density at radius 2 is 1.88 bits per heavy atom. The predicted octanol–water partition coefficient (Wildman–Crippen LogP) is 3.43. The van der Waals surface area contributed by atoms with Gasteiger partial charge in [0.05, 0.1) is 5.92 Å². The minimum atomic E-state index is -4.56. The van der Waals surface area contributed by atoms with E-state index in [1.54, 1.807) is 6.07 Å². The van der Waals surface area contributed by atoms with Crippen molar-refractivity contribution in [3.63, 3.8) is 0 Å². The van der Waals surface area contributed by atoms with Gasteiger partial charge in [0, 0.05) is 13.0 Å². The van der Waals surface area contributed by atoms with Crippen LogP contribution in [0, 0.1) is 11.8 Å². The summed E-state index contributed by atoms with van der Waals surface area (Å²) in [5.41, 5.74) is 0.0228. The minimum absolute atomic E-state index is 0.0228. The number of carboxylic acid groups (broad SMARTS) is 1. The highest BCUT2D eigenvalue weighted by Gasteiger charge is 2.51. The summed E-state index contributed by atoms with van der Waals surface area (Å²) in [6.07, 6.45) is -2.86. The number of fused-ring (bicyclic) bond motifs is 1. The number of aliphatic carboxylic acids is 1. The lowest BCUT2D eigenvalue weighted by Gasteiger charge is -2.27. The topological polar surface area (TPSA) is 57.6 Å². The summed E-state index contributed by atoms with van der Waals surface area (Å²) in [6, 6.07) is 6.31. The molecule has 1 aliphatic heterocycles. The van der Waals surface area contributed by atoms with Gasteiger partial charge in [-0.2, -0.15) is 13.2 Å². The molecular weight excluding hydrogens is 335 g/mol. The lowest BCUT2D eigenvalue weighted by molar-refractivity contribution is -0.163. The number of benzene rings is 1. The van der Waals surface area contributed by atoms with E-state index in [0.29, 0.717) is 6.42 Å². The van der Waals surface area contributed by atoms with Gasteiger partial charge in [-0.3, -0.25) is 4.79 Å². The first-order valence-electron chi connectivity index (χ1n) is 8.43. The normalized spacial score (nSPS) is 27.2. The highest BCUT2D eigenvalue weighted by Crippen LogP contribution is 2.44. The van der Waals surface area contributed by atoms with Gasteiger partial charge in [0.2, 0.25) is 5.91 Å². The highest BCUT2D eigenvalue weighted by atomic mass is 19.4. The molecule has 0 aromatic heterocycles. The van der Waals surface area contributed by atoms with Crippen molar-refractivity contribution < 1.29 is 27.9 Å². The monoisotopic (exact) mass is 355 g/mol. The Morgan fingerprint density at radius 1 is 1.20 bits per heavy atom. The van der Waals surface area contributed by atoms with Crippen LogP contribution in [0.15, 0.2) is 30.3 Å². The third-order valence-electron chi connectivity index (χ3n) is 5.44. The average molecular weight is 355 g/mol. The molecule has 0 spiro atoms. The first kappa shape index (κ1) is 17.8. The van der Waals surface area contributed by atoms with E-state index in [9.17, 15) is 27.9 Å². The van der Waals surface area contributed by atoms with Crippen molar-refractivity contribution in [2.45, 2.75) is 43.8 Å². The van der Waals surface area contributed by atoms with E-state index in [0.717, 1.165) is 12.8 Å². The first-order valence-corrected chi connectivity index (χ1v) is 8.43. The molecule has 3 rings (SSSR count). The average Bonchev–Trinajstić information content (AvgIpc) is 3.12. The zero-order valence-corrected chi connectivity index (χ0v) is 13.6. The summed E-state index contributed by atoms with van der Waals surface area (Å²) in [7, 11) is 0. The molecule has 2 fully saturated rings. The van der Waals surface area contributed by atoms with Crippen molar-refractivity contribution >= 4 is 11.9 Å². The molecule has 25 heavy (non-hydrogen) atoms. The molecule has 1 aliphatic carbocycles. The van der Waals surface area contributed by atoms with E-state index >= 15 is 0 Å². The third-order valence-corrected chi connectivity index (χ3v) is 5.44. The number of hydrogen-bond acceptors (Lipinski definition) is 2. The smallest absolute Gasteiger partial charge is 0.396 e. The number of amides is 1. The number of likely N-dealkylation sites (tertiary alicyclic amines) is 1. The van der Waals surface area contributed by atoms with E-state index in [1.165, 1.54) is 29.2 Å². The molecule has 1 saturated heterocycles. The summed E-state index contributed by atoms with van der Waals surface area (Å²) < 4.78 is 40.4. The molecule has 4 nitrogen and oxygen atoms in total. The van der Waals surface area contributed by atoms with Gasteiger partial charge < -0.3 is 10.0 Å². The van der Waals surface area contributed by atoms with Crippen molar-refractivity contribution in [3.8, 4) is 0 Å². The molecule has 0 bridgehead atoms.